The van der Waals surface area contributed by atoms with Crippen LogP contribution >= 0.6 is 11.8 Å². The van der Waals surface area contributed by atoms with Gasteiger partial charge in [-0.25, -0.2) is 0 Å². The first-order chi connectivity index (χ1) is 11.6. The van der Waals surface area contributed by atoms with Gasteiger partial charge in [0.1, 0.15) is 11.5 Å². The number of rotatable bonds is 5. The Morgan fingerprint density at radius 2 is 2.25 bits per heavy atom. The van der Waals surface area contributed by atoms with E-state index in [1.54, 1.807) is 18.9 Å². The van der Waals surface area contributed by atoms with Crippen LogP contribution in [0.1, 0.15) is 29.0 Å². The van der Waals surface area contributed by atoms with Gasteiger partial charge in [0, 0.05) is 23.5 Å². The fourth-order valence-electron chi connectivity index (χ4n) is 2.99. The highest BCUT2D eigenvalue weighted by atomic mass is 32.2. The van der Waals surface area contributed by atoms with E-state index in [-0.39, 0.29) is 5.91 Å². The molecule has 0 N–H and O–H groups in total. The van der Waals surface area contributed by atoms with Crippen LogP contribution in [0.2, 0.25) is 0 Å². The maximum atomic E-state index is 12.6. The highest BCUT2D eigenvalue weighted by Gasteiger charge is 2.23. The monoisotopic (exact) mass is 346 g/mol. The van der Waals surface area contributed by atoms with Crippen LogP contribution in [-0.4, -0.2) is 30.5 Å². The SMILES string of the molecule is COc1ccc2c(c1)CCCN2C(=O)CSCc1c(C)noc1C. The maximum Gasteiger partial charge on any atom is 0.236 e. The molecule has 1 aromatic carbocycles. The first-order valence-electron chi connectivity index (χ1n) is 8.07. The number of aryl methyl sites for hydroxylation is 3. The molecule has 0 saturated carbocycles. The molecule has 6 heteroatoms. The summed E-state index contributed by atoms with van der Waals surface area (Å²) in [6, 6.07) is 5.94. The molecule has 0 unspecified atom stereocenters. The summed E-state index contributed by atoms with van der Waals surface area (Å²) >= 11 is 1.61. The van der Waals surface area contributed by atoms with E-state index >= 15 is 0 Å². The van der Waals surface area contributed by atoms with Gasteiger partial charge in [0.05, 0.1) is 18.6 Å². The van der Waals surface area contributed by atoms with Gasteiger partial charge >= 0.3 is 0 Å². The van der Waals surface area contributed by atoms with Crippen molar-refractivity contribution in [1.82, 2.24) is 5.16 Å². The zero-order valence-corrected chi connectivity index (χ0v) is 15.1. The van der Waals surface area contributed by atoms with Crippen LogP contribution in [-0.2, 0) is 17.0 Å². The average molecular weight is 346 g/mol. The second kappa shape index (κ2) is 7.30. The predicted octanol–water partition coefficient (Wildman–Crippen LogP) is 3.51. The predicted molar refractivity (Wildman–Crippen MR) is 95.8 cm³/mol. The maximum absolute atomic E-state index is 12.6. The van der Waals surface area contributed by atoms with Crippen LogP contribution < -0.4 is 9.64 Å². The zero-order chi connectivity index (χ0) is 17.1. The van der Waals surface area contributed by atoms with Gasteiger partial charge in [-0.15, -0.1) is 11.8 Å². The largest absolute Gasteiger partial charge is 0.497 e. The van der Waals surface area contributed by atoms with E-state index < -0.39 is 0 Å². The fraction of sp³-hybridized carbons (Fsp3) is 0.444. The fourth-order valence-corrected chi connectivity index (χ4v) is 4.03. The minimum atomic E-state index is 0.151. The highest BCUT2D eigenvalue weighted by molar-refractivity contribution is 7.99. The number of anilines is 1. The second-order valence-electron chi connectivity index (χ2n) is 5.94. The summed E-state index contributed by atoms with van der Waals surface area (Å²) in [5.74, 6) is 3.03. The van der Waals surface area contributed by atoms with Gasteiger partial charge in [-0.05, 0) is 50.5 Å². The number of amides is 1. The summed E-state index contributed by atoms with van der Waals surface area (Å²) in [6.45, 7) is 4.62. The topological polar surface area (TPSA) is 55.6 Å². The highest BCUT2D eigenvalue weighted by Crippen LogP contribution is 2.31. The Hall–Kier alpha value is -1.95. The first-order valence-corrected chi connectivity index (χ1v) is 9.22. The van der Waals surface area contributed by atoms with E-state index in [9.17, 15) is 4.79 Å². The van der Waals surface area contributed by atoms with Gasteiger partial charge in [0.15, 0.2) is 0 Å². The molecule has 24 heavy (non-hydrogen) atoms. The Balaban J connectivity index is 1.64. The Morgan fingerprint density at radius 3 is 2.96 bits per heavy atom. The van der Waals surface area contributed by atoms with Crippen LogP contribution in [0.5, 0.6) is 5.75 Å². The Labute approximate surface area is 146 Å². The normalized spacial score (nSPS) is 13.7. The molecule has 3 rings (SSSR count). The molecular formula is C18H22N2O3S. The van der Waals surface area contributed by atoms with Gasteiger partial charge in [-0.1, -0.05) is 5.16 Å². The van der Waals surface area contributed by atoms with E-state index in [1.165, 1.54) is 5.56 Å². The minimum Gasteiger partial charge on any atom is -0.497 e. The molecule has 0 saturated heterocycles. The molecule has 1 aliphatic heterocycles. The van der Waals surface area contributed by atoms with Crippen LogP contribution in [0.3, 0.4) is 0 Å². The molecule has 0 aliphatic carbocycles. The molecule has 0 radical (unpaired) electrons. The van der Waals surface area contributed by atoms with E-state index in [4.69, 9.17) is 9.26 Å². The number of carbonyl (C=O) groups is 1. The van der Waals surface area contributed by atoms with E-state index in [0.717, 1.165) is 53.6 Å². The van der Waals surface area contributed by atoms with Crippen molar-refractivity contribution >= 4 is 23.4 Å². The lowest BCUT2D eigenvalue weighted by Crippen LogP contribution is -2.36. The van der Waals surface area contributed by atoms with E-state index in [0.29, 0.717) is 5.75 Å². The summed E-state index contributed by atoms with van der Waals surface area (Å²) in [5.41, 5.74) is 4.20. The van der Waals surface area contributed by atoms with Gasteiger partial charge < -0.3 is 14.2 Å². The zero-order valence-electron chi connectivity index (χ0n) is 14.3. The number of ether oxygens (including phenoxy) is 1. The van der Waals surface area contributed by atoms with Crippen LogP contribution in [0.15, 0.2) is 22.7 Å². The molecular weight excluding hydrogens is 324 g/mol. The number of fused-ring (bicyclic) bond motifs is 1. The van der Waals surface area contributed by atoms with Crippen molar-refractivity contribution in [2.24, 2.45) is 0 Å². The van der Waals surface area contributed by atoms with Gasteiger partial charge in [-0.3, -0.25) is 4.79 Å². The molecule has 128 valence electrons. The van der Waals surface area contributed by atoms with Crippen molar-refractivity contribution < 1.29 is 14.1 Å². The van der Waals surface area contributed by atoms with Crippen LogP contribution in [0, 0.1) is 13.8 Å². The Kier molecular flexibility index (Phi) is 5.14. The lowest BCUT2D eigenvalue weighted by atomic mass is 10.0. The number of methoxy groups -OCH3 is 1. The van der Waals surface area contributed by atoms with Crippen molar-refractivity contribution in [3.63, 3.8) is 0 Å². The molecule has 1 aliphatic rings. The molecule has 1 amide bonds. The lowest BCUT2D eigenvalue weighted by Gasteiger charge is -2.29. The molecule has 2 heterocycles. The first kappa shape index (κ1) is 16.9. The van der Waals surface area contributed by atoms with Gasteiger partial charge in [0.2, 0.25) is 5.91 Å². The number of aromatic nitrogens is 1. The van der Waals surface area contributed by atoms with Crippen LogP contribution in [0.4, 0.5) is 5.69 Å². The van der Waals surface area contributed by atoms with Crippen molar-refractivity contribution in [2.45, 2.75) is 32.4 Å². The summed E-state index contributed by atoms with van der Waals surface area (Å²) in [5, 5.41) is 3.95. The van der Waals surface area contributed by atoms with Crippen molar-refractivity contribution in [2.75, 3.05) is 24.3 Å². The Morgan fingerprint density at radius 1 is 1.42 bits per heavy atom. The molecule has 0 atom stereocenters. The molecule has 0 spiro atoms. The molecule has 5 nitrogen and oxygen atoms in total. The molecule has 2 aromatic rings. The smallest absolute Gasteiger partial charge is 0.236 e. The number of carbonyl (C=O) groups excluding carboxylic acids is 1. The third kappa shape index (κ3) is 3.43. The quantitative estimate of drug-likeness (QED) is 0.829. The van der Waals surface area contributed by atoms with Gasteiger partial charge in [-0.2, -0.15) is 0 Å². The summed E-state index contributed by atoms with van der Waals surface area (Å²) in [4.78, 5) is 14.5. The van der Waals surface area contributed by atoms with Gasteiger partial charge in [0.25, 0.3) is 0 Å². The summed E-state index contributed by atoms with van der Waals surface area (Å²) in [6.07, 6.45) is 1.98. The second-order valence-corrected chi connectivity index (χ2v) is 6.92. The minimum absolute atomic E-state index is 0.151. The number of hydrogen-bond acceptors (Lipinski definition) is 5. The number of benzene rings is 1. The molecule has 0 bridgehead atoms. The number of nitrogens with zero attached hydrogens (tertiary/aromatic N) is 2. The lowest BCUT2D eigenvalue weighted by molar-refractivity contribution is -0.116. The van der Waals surface area contributed by atoms with E-state index in [2.05, 4.69) is 5.16 Å². The third-order valence-electron chi connectivity index (χ3n) is 4.36. The summed E-state index contributed by atoms with van der Waals surface area (Å²) < 4.78 is 10.4. The van der Waals surface area contributed by atoms with Crippen molar-refractivity contribution in [1.29, 1.82) is 0 Å². The van der Waals surface area contributed by atoms with Crippen molar-refractivity contribution in [3.8, 4) is 5.75 Å². The third-order valence-corrected chi connectivity index (χ3v) is 5.30. The summed E-state index contributed by atoms with van der Waals surface area (Å²) in [7, 11) is 1.67. The number of thioether (sulfide) groups is 1. The Bertz CT molecular complexity index is 722. The van der Waals surface area contributed by atoms with Crippen molar-refractivity contribution in [3.05, 3.63) is 40.8 Å². The van der Waals surface area contributed by atoms with Crippen LogP contribution in [0.25, 0.3) is 0 Å². The molecule has 1 aromatic heterocycles. The number of hydrogen-bond donors (Lipinski definition) is 0. The standard InChI is InChI=1S/C18H22N2O3S/c1-12-16(13(2)23-19-12)10-24-11-18(21)20-8-4-5-14-9-15(22-3)6-7-17(14)20/h6-7,9H,4-5,8,10-11H2,1-3H3. The average Bonchev–Trinajstić information content (AvgIpc) is 2.92. The molecule has 0 fully saturated rings. The van der Waals surface area contributed by atoms with E-state index in [1.807, 2.05) is 36.9 Å².